The number of unbranched alkanes of at least 4 members (excludes halogenated alkanes) is 1. The van der Waals surface area contributed by atoms with E-state index >= 15 is 0 Å². The van der Waals surface area contributed by atoms with Crippen LogP contribution >= 0.6 is 0 Å². The molecule has 1 aliphatic heterocycles. The minimum Gasteiger partial charge on any atom is -0.484 e. The van der Waals surface area contributed by atoms with Crippen molar-refractivity contribution in [2.45, 2.75) is 39.4 Å². The van der Waals surface area contributed by atoms with Crippen molar-refractivity contribution in [2.75, 3.05) is 59.0 Å². The van der Waals surface area contributed by atoms with E-state index in [9.17, 15) is 13.2 Å². The van der Waals surface area contributed by atoms with Crippen LogP contribution in [-0.4, -0.2) is 80.9 Å². The van der Waals surface area contributed by atoms with E-state index in [0.717, 1.165) is 63.6 Å². The smallest absolute Gasteiger partial charge is 0.422 e. The molecule has 1 aromatic carbocycles. The number of piperazine rings is 1. The second-order valence-electron chi connectivity index (χ2n) is 7.65. The number of ether oxygens (including phenoxy) is 1. The van der Waals surface area contributed by atoms with Gasteiger partial charge in [-0.2, -0.15) is 13.2 Å². The fraction of sp³-hybridized carbons (Fsp3) is 0.682. The van der Waals surface area contributed by atoms with Crippen molar-refractivity contribution in [3.8, 4) is 5.75 Å². The highest BCUT2D eigenvalue weighted by atomic mass is 19.4. The summed E-state index contributed by atoms with van der Waals surface area (Å²) < 4.78 is 41.4. The van der Waals surface area contributed by atoms with E-state index < -0.39 is 12.8 Å². The molecule has 176 valence electrons. The molecule has 6 nitrogen and oxygen atoms in total. The Hall–Kier alpha value is -2.00. The predicted octanol–water partition coefficient (Wildman–Crippen LogP) is 3.10. The highest BCUT2D eigenvalue weighted by molar-refractivity contribution is 5.79. The maximum absolute atomic E-state index is 12.2. The van der Waals surface area contributed by atoms with Crippen molar-refractivity contribution in [2.24, 2.45) is 4.99 Å². The number of nitrogens with one attached hydrogen (secondary N) is 2. The van der Waals surface area contributed by atoms with Gasteiger partial charge in [0.15, 0.2) is 12.6 Å². The first-order chi connectivity index (χ1) is 14.9. The monoisotopic (exact) mass is 443 g/mol. The van der Waals surface area contributed by atoms with Gasteiger partial charge in [-0.3, -0.25) is 0 Å². The number of likely N-dealkylation sites (N-methyl/N-ethyl adjacent to an activating group) is 1. The molecule has 1 saturated heterocycles. The average Bonchev–Trinajstić information content (AvgIpc) is 2.76. The molecular formula is C22H36F3N5O. The van der Waals surface area contributed by atoms with Gasteiger partial charge in [0.05, 0.1) is 6.54 Å². The number of nitrogens with zero attached hydrogens (tertiary/aromatic N) is 3. The molecule has 0 saturated carbocycles. The third kappa shape index (κ3) is 10.7. The van der Waals surface area contributed by atoms with Crippen molar-refractivity contribution < 1.29 is 17.9 Å². The molecule has 1 aliphatic rings. The summed E-state index contributed by atoms with van der Waals surface area (Å²) in [6.45, 7) is 11.9. The molecule has 0 aromatic heterocycles. The number of aliphatic imine (C=N–C) groups is 1. The van der Waals surface area contributed by atoms with Gasteiger partial charge in [0, 0.05) is 39.3 Å². The largest absolute Gasteiger partial charge is 0.484 e. The summed E-state index contributed by atoms with van der Waals surface area (Å²) in [4.78, 5) is 9.58. The molecule has 0 radical (unpaired) electrons. The molecule has 2 N–H and O–H groups in total. The molecule has 0 unspecified atom stereocenters. The number of halogens is 3. The van der Waals surface area contributed by atoms with E-state index in [2.05, 4.69) is 32.3 Å². The first kappa shape index (κ1) is 25.3. The van der Waals surface area contributed by atoms with Gasteiger partial charge in [0.2, 0.25) is 0 Å². The first-order valence-corrected chi connectivity index (χ1v) is 11.1. The first-order valence-electron chi connectivity index (χ1n) is 11.1. The maximum atomic E-state index is 12.2. The standard InChI is InChI=1S/C22H36F3N5O/c1-3-26-21(27-11-5-6-12-30-15-13-29(4-2)14-16-30)28-17-19-7-9-20(10-8-19)31-18-22(23,24)25/h7-10H,3-6,11-18H2,1-2H3,(H2,26,27,28). The maximum Gasteiger partial charge on any atom is 0.422 e. The van der Waals surface area contributed by atoms with Crippen molar-refractivity contribution in [1.82, 2.24) is 20.4 Å². The van der Waals surface area contributed by atoms with Gasteiger partial charge in [-0.1, -0.05) is 19.1 Å². The highest BCUT2D eigenvalue weighted by Crippen LogP contribution is 2.19. The Morgan fingerprint density at radius 3 is 2.29 bits per heavy atom. The number of hydrogen-bond donors (Lipinski definition) is 2. The summed E-state index contributed by atoms with van der Waals surface area (Å²) in [5.74, 6) is 0.947. The van der Waals surface area contributed by atoms with Crippen LogP contribution in [0.3, 0.4) is 0 Å². The number of alkyl halides is 3. The molecule has 2 rings (SSSR count). The molecule has 9 heteroatoms. The summed E-state index contributed by atoms with van der Waals surface area (Å²) in [5, 5.41) is 6.58. The summed E-state index contributed by atoms with van der Waals surface area (Å²) in [5.41, 5.74) is 0.905. The van der Waals surface area contributed by atoms with E-state index in [1.165, 1.54) is 25.2 Å². The Balaban J connectivity index is 1.67. The zero-order chi connectivity index (χ0) is 22.5. The third-order valence-electron chi connectivity index (χ3n) is 5.20. The predicted molar refractivity (Wildman–Crippen MR) is 119 cm³/mol. The molecule has 0 spiro atoms. The van der Waals surface area contributed by atoms with Crippen molar-refractivity contribution in [3.63, 3.8) is 0 Å². The number of hydrogen-bond acceptors (Lipinski definition) is 4. The van der Waals surface area contributed by atoms with Crippen LogP contribution in [0, 0.1) is 0 Å². The Kier molecular flexibility index (Phi) is 10.9. The zero-order valence-corrected chi connectivity index (χ0v) is 18.7. The molecule has 1 aromatic rings. The van der Waals surface area contributed by atoms with Crippen LogP contribution in [0.25, 0.3) is 0 Å². The van der Waals surface area contributed by atoms with Crippen LogP contribution < -0.4 is 15.4 Å². The number of benzene rings is 1. The summed E-state index contributed by atoms with van der Waals surface area (Å²) in [6.07, 6.45) is -2.11. The lowest BCUT2D eigenvalue weighted by Gasteiger charge is -2.34. The van der Waals surface area contributed by atoms with Gasteiger partial charge in [0.1, 0.15) is 5.75 Å². The SMILES string of the molecule is CCNC(=NCc1ccc(OCC(F)(F)F)cc1)NCCCCN1CCN(CC)CC1. The zero-order valence-electron chi connectivity index (χ0n) is 18.7. The molecule has 0 amide bonds. The van der Waals surface area contributed by atoms with E-state index in [-0.39, 0.29) is 5.75 Å². The van der Waals surface area contributed by atoms with Gasteiger partial charge in [-0.15, -0.1) is 0 Å². The minimum atomic E-state index is -4.33. The lowest BCUT2D eigenvalue weighted by Crippen LogP contribution is -2.46. The molecule has 0 atom stereocenters. The van der Waals surface area contributed by atoms with Crippen LogP contribution in [0.1, 0.15) is 32.3 Å². The fourth-order valence-electron chi connectivity index (χ4n) is 3.36. The fourth-order valence-corrected chi connectivity index (χ4v) is 3.36. The Labute approximate surface area is 183 Å². The molecule has 1 heterocycles. The lowest BCUT2D eigenvalue weighted by atomic mass is 10.2. The van der Waals surface area contributed by atoms with E-state index in [0.29, 0.717) is 6.54 Å². The number of rotatable bonds is 11. The topological polar surface area (TPSA) is 52.1 Å². The van der Waals surface area contributed by atoms with Crippen molar-refractivity contribution in [1.29, 1.82) is 0 Å². The van der Waals surface area contributed by atoms with Crippen molar-refractivity contribution in [3.05, 3.63) is 29.8 Å². The second kappa shape index (κ2) is 13.4. The van der Waals surface area contributed by atoms with Gasteiger partial charge in [-0.05, 0) is 50.6 Å². The Morgan fingerprint density at radius 2 is 1.68 bits per heavy atom. The molecule has 0 bridgehead atoms. The van der Waals surface area contributed by atoms with Crippen LogP contribution in [0.4, 0.5) is 13.2 Å². The molecule has 31 heavy (non-hydrogen) atoms. The second-order valence-corrected chi connectivity index (χ2v) is 7.65. The van der Waals surface area contributed by atoms with Crippen LogP contribution in [0.15, 0.2) is 29.3 Å². The van der Waals surface area contributed by atoms with Gasteiger partial charge >= 0.3 is 6.18 Å². The van der Waals surface area contributed by atoms with Crippen molar-refractivity contribution >= 4 is 5.96 Å². The lowest BCUT2D eigenvalue weighted by molar-refractivity contribution is -0.153. The Bertz CT molecular complexity index is 644. The van der Waals surface area contributed by atoms with Gasteiger partial charge in [-0.25, -0.2) is 4.99 Å². The van der Waals surface area contributed by atoms with Crippen LogP contribution in [0.2, 0.25) is 0 Å². The normalized spacial score (nSPS) is 16.4. The number of guanidine groups is 1. The molecule has 1 fully saturated rings. The molecule has 0 aliphatic carbocycles. The third-order valence-corrected chi connectivity index (χ3v) is 5.20. The summed E-state index contributed by atoms with van der Waals surface area (Å²) >= 11 is 0. The minimum absolute atomic E-state index is 0.200. The highest BCUT2D eigenvalue weighted by Gasteiger charge is 2.28. The Morgan fingerprint density at radius 1 is 1.00 bits per heavy atom. The van der Waals surface area contributed by atoms with E-state index in [4.69, 9.17) is 4.74 Å². The van der Waals surface area contributed by atoms with E-state index in [1.807, 2.05) is 6.92 Å². The summed E-state index contributed by atoms with van der Waals surface area (Å²) in [6, 6.07) is 6.54. The van der Waals surface area contributed by atoms with E-state index in [1.54, 1.807) is 12.1 Å². The van der Waals surface area contributed by atoms with Gasteiger partial charge in [0.25, 0.3) is 0 Å². The van der Waals surface area contributed by atoms with Crippen LogP contribution in [-0.2, 0) is 6.54 Å². The summed E-state index contributed by atoms with van der Waals surface area (Å²) in [7, 11) is 0. The average molecular weight is 444 g/mol. The molecular weight excluding hydrogens is 407 g/mol. The van der Waals surface area contributed by atoms with Crippen LogP contribution in [0.5, 0.6) is 5.75 Å². The van der Waals surface area contributed by atoms with Gasteiger partial charge < -0.3 is 25.2 Å². The quantitative estimate of drug-likeness (QED) is 0.313.